The van der Waals surface area contributed by atoms with Gasteiger partial charge >= 0.3 is 0 Å². The number of pyridine rings is 1. The summed E-state index contributed by atoms with van der Waals surface area (Å²) in [7, 11) is 2.17. The molecule has 2 aromatic heterocycles. The number of fused-ring (bicyclic) bond motifs is 3. The summed E-state index contributed by atoms with van der Waals surface area (Å²) in [5.41, 5.74) is 6.88. The van der Waals surface area contributed by atoms with Crippen molar-refractivity contribution in [1.29, 1.82) is 0 Å². The first-order valence-electron chi connectivity index (χ1n) is 12.6. The van der Waals surface area contributed by atoms with Gasteiger partial charge in [0.05, 0.1) is 5.52 Å². The van der Waals surface area contributed by atoms with Gasteiger partial charge in [-0.15, -0.1) is 11.8 Å². The number of hydrogen-bond acceptors (Lipinski definition) is 4. The first kappa shape index (κ1) is 23.9. The Labute approximate surface area is 211 Å². The molecule has 0 atom stereocenters. The van der Waals surface area contributed by atoms with Gasteiger partial charge in [-0.05, 0) is 105 Å². The number of nitrogens with zero attached hydrogens (tertiary/aromatic N) is 2. The molecule has 1 saturated heterocycles. The van der Waals surface area contributed by atoms with Crippen molar-refractivity contribution in [1.82, 2.24) is 20.2 Å². The Hall–Kier alpha value is -2.83. The van der Waals surface area contributed by atoms with Crippen molar-refractivity contribution in [3.8, 4) is 11.1 Å². The lowest BCUT2D eigenvalue weighted by molar-refractivity contribution is 0.0938. The van der Waals surface area contributed by atoms with Gasteiger partial charge in [0.2, 0.25) is 0 Å². The normalized spacial score (nSPS) is 15.2. The number of amides is 1. The number of benzene rings is 2. The zero-order valence-electron chi connectivity index (χ0n) is 21.1. The van der Waals surface area contributed by atoms with E-state index in [-0.39, 0.29) is 5.91 Å². The summed E-state index contributed by atoms with van der Waals surface area (Å²) < 4.78 is 0. The van der Waals surface area contributed by atoms with Crippen molar-refractivity contribution in [2.24, 2.45) is 5.92 Å². The molecule has 5 nitrogen and oxygen atoms in total. The molecular weight excluding hydrogens is 452 g/mol. The number of piperidine rings is 1. The van der Waals surface area contributed by atoms with Crippen molar-refractivity contribution >= 4 is 39.6 Å². The highest BCUT2D eigenvalue weighted by atomic mass is 32.2. The van der Waals surface area contributed by atoms with Gasteiger partial charge in [0.15, 0.2) is 0 Å². The predicted molar refractivity (Wildman–Crippen MR) is 147 cm³/mol. The zero-order valence-corrected chi connectivity index (χ0v) is 21.9. The molecule has 0 unspecified atom stereocenters. The Morgan fingerprint density at radius 3 is 2.77 bits per heavy atom. The third-order valence-corrected chi connectivity index (χ3v) is 8.09. The van der Waals surface area contributed by atoms with Crippen molar-refractivity contribution in [2.75, 3.05) is 32.4 Å². The minimum Gasteiger partial charge on any atom is -0.352 e. The average Bonchev–Trinajstić information content (AvgIpc) is 3.23. The number of likely N-dealkylation sites (tertiary alicyclic amines) is 1. The fourth-order valence-electron chi connectivity index (χ4n) is 5.18. The van der Waals surface area contributed by atoms with Crippen molar-refractivity contribution in [3.63, 3.8) is 0 Å². The molecule has 2 N–H and O–H groups in total. The van der Waals surface area contributed by atoms with E-state index in [9.17, 15) is 4.79 Å². The zero-order chi connectivity index (χ0) is 24.5. The van der Waals surface area contributed by atoms with E-state index in [1.807, 2.05) is 24.9 Å². The molecule has 1 aliphatic heterocycles. The molecule has 0 saturated carbocycles. The third-order valence-electron chi connectivity index (χ3n) is 7.21. The van der Waals surface area contributed by atoms with Crippen LogP contribution in [-0.4, -0.2) is 53.2 Å². The molecule has 0 radical (unpaired) electrons. The van der Waals surface area contributed by atoms with Gasteiger partial charge in [0.1, 0.15) is 5.65 Å². The average molecular weight is 487 g/mol. The van der Waals surface area contributed by atoms with Gasteiger partial charge in [-0.3, -0.25) is 4.79 Å². The van der Waals surface area contributed by atoms with Crippen LogP contribution in [0.1, 0.15) is 41.3 Å². The molecule has 6 heteroatoms. The Kier molecular flexibility index (Phi) is 6.85. The van der Waals surface area contributed by atoms with Crippen LogP contribution in [0.5, 0.6) is 0 Å². The van der Waals surface area contributed by atoms with Gasteiger partial charge < -0.3 is 15.2 Å². The van der Waals surface area contributed by atoms with Crippen LogP contribution in [-0.2, 0) is 0 Å². The smallest absolute Gasteiger partial charge is 0.251 e. The summed E-state index contributed by atoms with van der Waals surface area (Å²) in [5, 5.41) is 5.49. The molecular formula is C29H34N4OS. The lowest BCUT2D eigenvalue weighted by atomic mass is 9.93. The Morgan fingerprint density at radius 1 is 1.20 bits per heavy atom. The largest absolute Gasteiger partial charge is 0.352 e. The Balaban J connectivity index is 1.60. The van der Waals surface area contributed by atoms with E-state index < -0.39 is 0 Å². The van der Waals surface area contributed by atoms with E-state index in [2.05, 4.69) is 77.5 Å². The van der Waals surface area contributed by atoms with Crippen LogP contribution < -0.4 is 5.32 Å². The second kappa shape index (κ2) is 10.0. The van der Waals surface area contributed by atoms with Crippen molar-refractivity contribution in [2.45, 2.75) is 38.5 Å². The molecule has 35 heavy (non-hydrogen) atoms. The van der Waals surface area contributed by atoms with E-state index in [1.165, 1.54) is 4.90 Å². The standard InChI is InChI=1S/C29H34N4OS/c1-5-35-22-8-6-7-21(14-22)24-15-23(29(34)31-17-20-9-11-33(4)12-10-20)19(3)27-26(24)25-13-18(2)16-30-28(25)32-27/h6-8,13-16,20H,5,9-12,17H2,1-4H3,(H,30,32)(H,31,34). The highest BCUT2D eigenvalue weighted by molar-refractivity contribution is 7.99. The number of carbonyl (C=O) groups excluding carboxylic acids is 1. The van der Waals surface area contributed by atoms with Crippen LogP contribution in [0.3, 0.4) is 0 Å². The third kappa shape index (κ3) is 4.82. The maximum absolute atomic E-state index is 13.5. The fraction of sp³-hybridized carbons (Fsp3) is 0.379. The van der Waals surface area contributed by atoms with E-state index in [4.69, 9.17) is 0 Å². The van der Waals surface area contributed by atoms with E-state index in [0.717, 1.165) is 88.0 Å². The first-order valence-corrected chi connectivity index (χ1v) is 13.5. The summed E-state index contributed by atoms with van der Waals surface area (Å²) >= 11 is 1.83. The van der Waals surface area contributed by atoms with Gasteiger partial charge in [-0.1, -0.05) is 19.1 Å². The number of hydrogen-bond donors (Lipinski definition) is 2. The van der Waals surface area contributed by atoms with Crippen LogP contribution in [0.2, 0.25) is 0 Å². The number of carbonyl (C=O) groups is 1. The molecule has 0 aliphatic carbocycles. The second-order valence-electron chi connectivity index (χ2n) is 9.80. The highest BCUT2D eigenvalue weighted by Crippen LogP contribution is 2.38. The summed E-state index contributed by atoms with van der Waals surface area (Å²) in [5.74, 6) is 1.57. The van der Waals surface area contributed by atoms with Crippen LogP contribution in [0.4, 0.5) is 0 Å². The van der Waals surface area contributed by atoms with Crippen molar-refractivity contribution in [3.05, 3.63) is 59.3 Å². The molecule has 2 aromatic carbocycles. The van der Waals surface area contributed by atoms with Crippen molar-refractivity contribution < 1.29 is 4.79 Å². The predicted octanol–water partition coefficient (Wildman–Crippen LogP) is 6.18. The maximum atomic E-state index is 13.5. The van der Waals surface area contributed by atoms with E-state index in [0.29, 0.717) is 5.92 Å². The summed E-state index contributed by atoms with van der Waals surface area (Å²) in [6.45, 7) is 9.22. The molecule has 0 bridgehead atoms. The fourth-order valence-corrected chi connectivity index (χ4v) is 5.90. The minimum atomic E-state index is 0.00598. The van der Waals surface area contributed by atoms with E-state index >= 15 is 0 Å². The Bertz CT molecular complexity index is 1380. The van der Waals surface area contributed by atoms with Crippen LogP contribution in [0, 0.1) is 19.8 Å². The highest BCUT2D eigenvalue weighted by Gasteiger charge is 2.22. The number of nitrogens with one attached hydrogen (secondary N) is 2. The SMILES string of the molecule is CCSc1cccc(-c2cc(C(=O)NCC3CCN(C)CC3)c(C)c3[nH]c4ncc(C)cc4c23)c1. The molecule has 4 aromatic rings. The number of aromatic nitrogens is 2. The van der Waals surface area contributed by atoms with Crippen LogP contribution in [0.25, 0.3) is 33.1 Å². The molecule has 1 fully saturated rings. The van der Waals surface area contributed by atoms with Crippen LogP contribution in [0.15, 0.2) is 47.5 Å². The lowest BCUT2D eigenvalue weighted by Crippen LogP contribution is -2.37. The maximum Gasteiger partial charge on any atom is 0.251 e. The molecule has 5 rings (SSSR count). The topological polar surface area (TPSA) is 61.0 Å². The number of aryl methyl sites for hydroxylation is 2. The number of aromatic amines is 1. The molecule has 1 aliphatic rings. The van der Waals surface area contributed by atoms with Gasteiger partial charge in [-0.2, -0.15) is 0 Å². The lowest BCUT2D eigenvalue weighted by Gasteiger charge is -2.29. The summed E-state index contributed by atoms with van der Waals surface area (Å²) in [4.78, 5) is 25.3. The number of H-pyrrole nitrogens is 1. The van der Waals surface area contributed by atoms with Crippen LogP contribution >= 0.6 is 11.8 Å². The van der Waals surface area contributed by atoms with Gasteiger partial charge in [0, 0.05) is 34.0 Å². The van der Waals surface area contributed by atoms with Gasteiger partial charge in [0.25, 0.3) is 5.91 Å². The minimum absolute atomic E-state index is 0.00598. The molecule has 0 spiro atoms. The molecule has 3 heterocycles. The summed E-state index contributed by atoms with van der Waals surface area (Å²) in [6.07, 6.45) is 4.16. The number of thioether (sulfide) groups is 1. The second-order valence-corrected chi connectivity index (χ2v) is 11.1. The molecule has 1 amide bonds. The summed E-state index contributed by atoms with van der Waals surface area (Å²) in [6, 6.07) is 12.9. The monoisotopic (exact) mass is 486 g/mol. The quantitative estimate of drug-likeness (QED) is 0.319. The molecule has 182 valence electrons. The Morgan fingerprint density at radius 2 is 2.00 bits per heavy atom. The first-order chi connectivity index (χ1) is 16.9. The number of rotatable bonds is 6. The van der Waals surface area contributed by atoms with Gasteiger partial charge in [-0.25, -0.2) is 4.98 Å². The van der Waals surface area contributed by atoms with E-state index in [1.54, 1.807) is 0 Å².